The van der Waals surface area contributed by atoms with E-state index in [0.29, 0.717) is 24.4 Å². The number of nitrogens with one attached hydrogen (secondary N) is 1. The number of unbranched alkanes of at least 4 members (excludes halogenated alkanes) is 1. The van der Waals surface area contributed by atoms with E-state index in [2.05, 4.69) is 5.32 Å². The Labute approximate surface area is 176 Å². The molecule has 1 atom stereocenters. The molecule has 10 heteroatoms. The average Bonchev–Trinajstić information content (AvgIpc) is 2.71. The topological polar surface area (TPSA) is 103 Å². The molecule has 0 saturated heterocycles. The molecular weight excluding hydrogens is 395 g/mol. The second kappa shape index (κ2) is 12.7. The zero-order valence-electron chi connectivity index (χ0n) is 18.1. The summed E-state index contributed by atoms with van der Waals surface area (Å²) in [7, 11) is 1.33. The Kier molecular flexibility index (Phi) is 10.7. The summed E-state index contributed by atoms with van der Waals surface area (Å²) in [4.78, 5) is 43.4. The number of halogens is 1. The number of hydroxylamine groups is 2. The minimum Gasteiger partial charge on any atom is -0.339 e. The van der Waals surface area contributed by atoms with Crippen LogP contribution in [0.4, 0.5) is 10.2 Å². The number of rotatable bonds is 12. The van der Waals surface area contributed by atoms with Crippen LogP contribution in [-0.2, 0) is 14.4 Å². The van der Waals surface area contributed by atoms with E-state index >= 15 is 0 Å². The number of carbonyl (C=O) groups excluding carboxylic acids is 3. The van der Waals surface area contributed by atoms with Gasteiger partial charge in [-0.2, -0.15) is 0 Å². The number of anilines is 1. The fourth-order valence-electron chi connectivity index (χ4n) is 2.94. The molecule has 2 N–H and O–H groups in total. The van der Waals surface area contributed by atoms with Gasteiger partial charge in [0.15, 0.2) is 12.0 Å². The van der Waals surface area contributed by atoms with Crippen LogP contribution < -0.4 is 14.9 Å². The first-order chi connectivity index (χ1) is 14.2. The lowest BCUT2D eigenvalue weighted by molar-refractivity contribution is -0.875. The lowest BCUT2D eigenvalue weighted by atomic mass is 10.00. The van der Waals surface area contributed by atoms with Crippen LogP contribution in [0.1, 0.15) is 46.5 Å². The summed E-state index contributed by atoms with van der Waals surface area (Å²) in [6.07, 6.45) is 3.79. The molecule has 3 amide bonds. The molecule has 1 aromatic heterocycles. The normalized spacial score (nSPS) is 11.5. The van der Waals surface area contributed by atoms with Gasteiger partial charge in [-0.3, -0.25) is 14.8 Å². The molecule has 0 aliphatic rings. The van der Waals surface area contributed by atoms with Crippen molar-refractivity contribution in [2.24, 2.45) is 5.92 Å². The summed E-state index contributed by atoms with van der Waals surface area (Å²) < 4.78 is 14.4. The summed E-state index contributed by atoms with van der Waals surface area (Å²) in [6.45, 7) is 5.07. The highest BCUT2D eigenvalue weighted by atomic mass is 19.1. The molecule has 0 saturated carbocycles. The van der Waals surface area contributed by atoms with Gasteiger partial charge in [-0.25, -0.2) is 19.6 Å². The molecule has 0 aliphatic carbocycles. The van der Waals surface area contributed by atoms with Crippen LogP contribution in [0.15, 0.2) is 18.3 Å². The Bertz CT molecular complexity index is 731. The zero-order chi connectivity index (χ0) is 22.7. The Morgan fingerprint density at radius 3 is 2.53 bits per heavy atom. The zero-order valence-corrected chi connectivity index (χ0v) is 18.1. The summed E-state index contributed by atoms with van der Waals surface area (Å²) >= 11 is 0. The van der Waals surface area contributed by atoms with Gasteiger partial charge < -0.3 is 9.74 Å². The highest BCUT2D eigenvalue weighted by molar-refractivity contribution is 5.93. The first-order valence-electron chi connectivity index (χ1n) is 10.0. The molecule has 0 spiro atoms. The average molecular weight is 427 g/mol. The summed E-state index contributed by atoms with van der Waals surface area (Å²) in [6, 6.07) is 2.53. The second-order valence-electron chi connectivity index (χ2n) is 6.99. The Balaban J connectivity index is 2.92. The second-order valence-corrected chi connectivity index (χ2v) is 6.99. The van der Waals surface area contributed by atoms with Gasteiger partial charge in [0.05, 0.1) is 12.5 Å². The monoisotopic (exact) mass is 427 g/mol. The Hall–Kier alpha value is -2.75. The minimum atomic E-state index is -0.618. The van der Waals surface area contributed by atoms with Gasteiger partial charge in [0.2, 0.25) is 11.8 Å². The van der Waals surface area contributed by atoms with Gasteiger partial charge in [0.1, 0.15) is 13.7 Å². The number of hydrogen-bond acceptors (Lipinski definition) is 5. The van der Waals surface area contributed by atoms with Gasteiger partial charge in [-0.1, -0.05) is 26.7 Å². The van der Waals surface area contributed by atoms with E-state index in [1.807, 2.05) is 13.8 Å². The largest absolute Gasteiger partial charge is 0.339 e. The van der Waals surface area contributed by atoms with E-state index in [4.69, 9.17) is 4.84 Å². The summed E-state index contributed by atoms with van der Waals surface area (Å²) in [5, 5.41) is 12.9. The van der Waals surface area contributed by atoms with Crippen molar-refractivity contribution in [3.8, 4) is 0 Å². The van der Waals surface area contributed by atoms with Crippen molar-refractivity contribution in [1.82, 2.24) is 9.96 Å². The molecule has 9 nitrogen and oxygen atoms in total. The first kappa shape index (κ1) is 25.3. The fraction of sp³-hybridized carbons (Fsp3) is 0.600. The van der Waals surface area contributed by atoms with Crippen molar-refractivity contribution < 1.29 is 33.5 Å². The van der Waals surface area contributed by atoms with Crippen LogP contribution in [0.3, 0.4) is 0 Å². The van der Waals surface area contributed by atoms with Gasteiger partial charge in [0.25, 0.3) is 0 Å². The van der Waals surface area contributed by atoms with Gasteiger partial charge in [-0.15, -0.1) is 0 Å². The Morgan fingerprint density at radius 1 is 1.27 bits per heavy atom. The maximum Gasteiger partial charge on any atom is 0.327 e. The number of nitrogens with zero attached hydrogens (tertiary/aromatic N) is 3. The molecule has 0 radical (unpaired) electrons. The van der Waals surface area contributed by atoms with Crippen LogP contribution in [0.5, 0.6) is 0 Å². The smallest absolute Gasteiger partial charge is 0.327 e. The van der Waals surface area contributed by atoms with Crippen LogP contribution in [0.25, 0.3) is 0 Å². The van der Waals surface area contributed by atoms with Crippen molar-refractivity contribution in [3.63, 3.8) is 0 Å². The third-order valence-electron chi connectivity index (χ3n) is 4.49. The van der Waals surface area contributed by atoms with Crippen molar-refractivity contribution in [2.75, 3.05) is 32.1 Å². The molecular formula is C20H32FN4O5+. The number of hydrogen-bond donors (Lipinski definition) is 2. The third-order valence-corrected chi connectivity index (χ3v) is 4.49. The van der Waals surface area contributed by atoms with Crippen LogP contribution >= 0.6 is 0 Å². The molecule has 0 fully saturated rings. The van der Waals surface area contributed by atoms with E-state index in [9.17, 15) is 24.0 Å². The number of amides is 3. The van der Waals surface area contributed by atoms with E-state index in [1.165, 1.54) is 31.1 Å². The summed E-state index contributed by atoms with van der Waals surface area (Å²) in [5.41, 5.74) is 0. The molecule has 30 heavy (non-hydrogen) atoms. The first-order valence-corrected chi connectivity index (χ1v) is 10.0. The van der Waals surface area contributed by atoms with Crippen LogP contribution in [0, 0.1) is 11.7 Å². The van der Waals surface area contributed by atoms with Crippen molar-refractivity contribution in [1.29, 1.82) is 0 Å². The molecule has 0 aromatic carbocycles. The van der Waals surface area contributed by atoms with E-state index in [-0.39, 0.29) is 24.8 Å². The van der Waals surface area contributed by atoms with Crippen molar-refractivity contribution >= 4 is 23.5 Å². The predicted octanol–water partition coefficient (Wildman–Crippen LogP) is 1.39. The Morgan fingerprint density at radius 2 is 1.97 bits per heavy atom. The third kappa shape index (κ3) is 7.94. The molecule has 168 valence electrons. The molecule has 1 unspecified atom stereocenters. The maximum atomic E-state index is 13.3. The number of carbonyl (C=O) groups is 3. The fourth-order valence-corrected chi connectivity index (χ4v) is 2.94. The molecule has 1 heterocycles. The van der Waals surface area contributed by atoms with Gasteiger partial charge in [0, 0.05) is 19.5 Å². The standard InChI is InChI=1S/C20H31FN4O5/c1-5-7-8-16(12-24(29)15(3)26)20(28)23(11-6-2)14-19(27)22-18-10-9-17(21)13-25(18)30-4/h9-10,13,16,29H,5-8,11-12,14H2,1-4H3/p+1. The maximum absolute atomic E-state index is 13.3. The lowest BCUT2D eigenvalue weighted by Gasteiger charge is -2.27. The highest BCUT2D eigenvalue weighted by Gasteiger charge is 2.29. The summed E-state index contributed by atoms with van der Waals surface area (Å²) in [5.74, 6) is -2.27. The lowest BCUT2D eigenvalue weighted by Crippen LogP contribution is -2.47. The van der Waals surface area contributed by atoms with E-state index in [1.54, 1.807) is 0 Å². The predicted molar refractivity (Wildman–Crippen MR) is 107 cm³/mol. The molecule has 0 aliphatic heterocycles. The number of pyridine rings is 1. The minimum absolute atomic E-state index is 0.127. The van der Waals surface area contributed by atoms with E-state index < -0.39 is 23.5 Å². The SMILES string of the molecule is CCCCC(CN(O)C(C)=O)C(=O)N(CCC)CC(=O)Nc1ccc(F)c[n+]1OC. The van der Waals surface area contributed by atoms with E-state index in [0.717, 1.165) is 23.8 Å². The van der Waals surface area contributed by atoms with Crippen LogP contribution in [-0.4, -0.2) is 59.6 Å². The molecule has 1 aromatic rings. The van der Waals surface area contributed by atoms with Crippen molar-refractivity contribution in [3.05, 3.63) is 24.1 Å². The van der Waals surface area contributed by atoms with Crippen LogP contribution in [0.2, 0.25) is 0 Å². The quantitative estimate of drug-likeness (QED) is 0.298. The van der Waals surface area contributed by atoms with Crippen molar-refractivity contribution in [2.45, 2.75) is 46.5 Å². The number of aromatic nitrogens is 1. The highest BCUT2D eigenvalue weighted by Crippen LogP contribution is 2.15. The van der Waals surface area contributed by atoms with Gasteiger partial charge >= 0.3 is 11.7 Å². The molecule has 0 bridgehead atoms. The molecule has 1 rings (SSSR count). The van der Waals surface area contributed by atoms with Gasteiger partial charge in [-0.05, 0) is 23.6 Å².